The van der Waals surface area contributed by atoms with E-state index in [0.717, 1.165) is 32.1 Å². The first-order valence-corrected chi connectivity index (χ1v) is 9.39. The molecule has 0 aromatic heterocycles. The van der Waals surface area contributed by atoms with E-state index in [4.69, 9.17) is 5.11 Å². The lowest BCUT2D eigenvalue weighted by molar-refractivity contribution is -0.137. The number of allylic oxidation sites excluding steroid dienone is 2. The van der Waals surface area contributed by atoms with Gasteiger partial charge in [-0.15, -0.1) is 0 Å². The van der Waals surface area contributed by atoms with Gasteiger partial charge in [0.15, 0.2) is 0 Å². The molecule has 0 spiro atoms. The Balaban J connectivity index is 3.18. The summed E-state index contributed by atoms with van der Waals surface area (Å²) < 4.78 is 0. The van der Waals surface area contributed by atoms with E-state index in [1.807, 2.05) is 6.92 Å². The number of carboxylic acids is 1. The van der Waals surface area contributed by atoms with E-state index in [1.54, 1.807) is 0 Å². The highest BCUT2D eigenvalue weighted by molar-refractivity contribution is 5.66. The van der Waals surface area contributed by atoms with Gasteiger partial charge < -0.3 is 15.3 Å². The van der Waals surface area contributed by atoms with Gasteiger partial charge in [0.05, 0.1) is 0 Å². The van der Waals surface area contributed by atoms with Gasteiger partial charge >= 0.3 is 5.97 Å². The molecule has 0 aromatic rings. The van der Waals surface area contributed by atoms with Crippen LogP contribution in [0.3, 0.4) is 0 Å². The Hall–Kier alpha value is -1.19. The highest BCUT2D eigenvalue weighted by Crippen LogP contribution is 2.15. The Morgan fingerprint density at radius 2 is 0.913 bits per heavy atom. The molecule has 0 amide bonds. The summed E-state index contributed by atoms with van der Waals surface area (Å²) in [5.74, 6) is -0.387. The number of carbonyl (C=O) groups is 1. The molecule has 0 unspecified atom stereocenters. The zero-order valence-corrected chi connectivity index (χ0v) is 14.9. The third kappa shape index (κ3) is 15.5. The topological polar surface area (TPSA) is 77.8 Å². The SMILES string of the molecule is CCC(O)=C(O)CCCCCCCCCCCCCCC(=O)O. The summed E-state index contributed by atoms with van der Waals surface area (Å²) in [6.07, 6.45) is 15.3. The third-order valence-corrected chi connectivity index (χ3v) is 4.22. The first kappa shape index (κ1) is 21.8. The fourth-order valence-electron chi connectivity index (χ4n) is 2.68. The van der Waals surface area contributed by atoms with Gasteiger partial charge in [-0.25, -0.2) is 0 Å². The highest BCUT2D eigenvalue weighted by atomic mass is 16.4. The van der Waals surface area contributed by atoms with E-state index in [2.05, 4.69) is 0 Å². The van der Waals surface area contributed by atoms with Crippen LogP contribution in [-0.4, -0.2) is 21.3 Å². The Labute approximate surface area is 141 Å². The summed E-state index contributed by atoms with van der Waals surface area (Å²) >= 11 is 0. The number of rotatable bonds is 16. The van der Waals surface area contributed by atoms with E-state index in [-0.39, 0.29) is 11.5 Å². The van der Waals surface area contributed by atoms with Crippen LogP contribution in [0.4, 0.5) is 0 Å². The van der Waals surface area contributed by atoms with Crippen LogP contribution >= 0.6 is 0 Å². The van der Waals surface area contributed by atoms with Crippen molar-refractivity contribution >= 4 is 5.97 Å². The van der Waals surface area contributed by atoms with Crippen molar-refractivity contribution in [1.82, 2.24) is 0 Å². The van der Waals surface area contributed by atoms with Gasteiger partial charge in [-0.05, 0) is 12.8 Å². The molecule has 136 valence electrons. The molecule has 0 fully saturated rings. The number of aliphatic hydroxyl groups excluding tert-OH is 2. The second-order valence-electron chi connectivity index (χ2n) is 6.38. The van der Waals surface area contributed by atoms with Crippen molar-refractivity contribution in [3.63, 3.8) is 0 Å². The van der Waals surface area contributed by atoms with Crippen molar-refractivity contribution in [1.29, 1.82) is 0 Å². The zero-order valence-electron chi connectivity index (χ0n) is 14.9. The van der Waals surface area contributed by atoms with Crippen LogP contribution in [0.2, 0.25) is 0 Å². The first-order valence-electron chi connectivity index (χ1n) is 9.39. The van der Waals surface area contributed by atoms with E-state index in [1.165, 1.54) is 44.9 Å². The fourth-order valence-corrected chi connectivity index (χ4v) is 2.68. The summed E-state index contributed by atoms with van der Waals surface area (Å²) in [4.78, 5) is 10.4. The Morgan fingerprint density at radius 3 is 1.26 bits per heavy atom. The molecule has 0 aliphatic carbocycles. The van der Waals surface area contributed by atoms with Gasteiger partial charge in [-0.1, -0.05) is 71.1 Å². The number of hydrogen-bond acceptors (Lipinski definition) is 3. The summed E-state index contributed by atoms with van der Waals surface area (Å²) in [6, 6.07) is 0. The van der Waals surface area contributed by atoms with Crippen molar-refractivity contribution in [3.8, 4) is 0 Å². The predicted octanol–water partition coefficient (Wildman–Crippen LogP) is 6.27. The molecule has 23 heavy (non-hydrogen) atoms. The van der Waals surface area contributed by atoms with Crippen molar-refractivity contribution < 1.29 is 20.1 Å². The molecule has 0 atom stereocenters. The number of aliphatic carboxylic acids is 1. The molecule has 0 radical (unpaired) electrons. The maximum atomic E-state index is 10.4. The first-order chi connectivity index (χ1) is 11.1. The molecule has 0 heterocycles. The summed E-state index contributed by atoms with van der Waals surface area (Å²) in [5.41, 5.74) is 0. The summed E-state index contributed by atoms with van der Waals surface area (Å²) in [6.45, 7) is 1.83. The molecule has 0 aliphatic heterocycles. The average molecular weight is 328 g/mol. The molecule has 3 N–H and O–H groups in total. The van der Waals surface area contributed by atoms with Crippen molar-refractivity contribution in [2.45, 2.75) is 103 Å². The van der Waals surface area contributed by atoms with Crippen molar-refractivity contribution in [2.24, 2.45) is 0 Å². The lowest BCUT2D eigenvalue weighted by atomic mass is 10.0. The van der Waals surface area contributed by atoms with Crippen LogP contribution in [0.1, 0.15) is 103 Å². The fraction of sp³-hybridized carbons (Fsp3) is 0.842. The van der Waals surface area contributed by atoms with Crippen LogP contribution in [-0.2, 0) is 4.79 Å². The van der Waals surface area contributed by atoms with Gasteiger partial charge in [-0.2, -0.15) is 0 Å². The standard InChI is InChI=1S/C19H36O4/c1-2-17(20)18(21)15-13-11-9-7-5-3-4-6-8-10-12-14-16-19(22)23/h20-21H,2-16H2,1H3,(H,22,23). The minimum absolute atomic E-state index is 0.132. The average Bonchev–Trinajstić information content (AvgIpc) is 2.53. The van der Waals surface area contributed by atoms with E-state index in [9.17, 15) is 15.0 Å². The van der Waals surface area contributed by atoms with Gasteiger partial charge in [-0.3, -0.25) is 4.79 Å². The summed E-state index contributed by atoms with van der Waals surface area (Å²) in [5, 5.41) is 27.4. The van der Waals surface area contributed by atoms with Crippen LogP contribution in [0, 0.1) is 0 Å². The second kappa shape index (κ2) is 15.7. The lowest BCUT2D eigenvalue weighted by Gasteiger charge is -2.04. The quantitative estimate of drug-likeness (QED) is 0.230. The molecule has 0 rings (SSSR count). The molecular formula is C19H36O4. The third-order valence-electron chi connectivity index (χ3n) is 4.22. The molecular weight excluding hydrogens is 292 g/mol. The van der Waals surface area contributed by atoms with E-state index in [0.29, 0.717) is 19.3 Å². The molecule has 4 heteroatoms. The van der Waals surface area contributed by atoms with Crippen molar-refractivity contribution in [3.05, 3.63) is 11.5 Å². The lowest BCUT2D eigenvalue weighted by Crippen LogP contribution is -1.93. The maximum absolute atomic E-state index is 10.4. The smallest absolute Gasteiger partial charge is 0.303 e. The van der Waals surface area contributed by atoms with Gasteiger partial charge in [0.1, 0.15) is 11.5 Å². The Bertz CT molecular complexity index is 323. The number of carboxylic acid groups (broad SMARTS) is 1. The van der Waals surface area contributed by atoms with Crippen LogP contribution in [0.15, 0.2) is 11.5 Å². The molecule has 0 aromatic carbocycles. The van der Waals surface area contributed by atoms with Crippen LogP contribution < -0.4 is 0 Å². The Morgan fingerprint density at radius 1 is 0.565 bits per heavy atom. The highest BCUT2D eigenvalue weighted by Gasteiger charge is 2.01. The summed E-state index contributed by atoms with van der Waals surface area (Å²) in [7, 11) is 0. The predicted molar refractivity (Wildman–Crippen MR) is 94.8 cm³/mol. The number of hydrogen-bond donors (Lipinski definition) is 3. The van der Waals surface area contributed by atoms with E-state index < -0.39 is 5.97 Å². The minimum atomic E-state index is -0.682. The van der Waals surface area contributed by atoms with Crippen molar-refractivity contribution in [2.75, 3.05) is 0 Å². The molecule has 0 saturated heterocycles. The number of unbranched alkanes of at least 4 members (excludes halogenated alkanes) is 11. The Kier molecular flexibility index (Phi) is 14.9. The maximum Gasteiger partial charge on any atom is 0.303 e. The number of aliphatic hydroxyl groups is 2. The van der Waals surface area contributed by atoms with E-state index >= 15 is 0 Å². The largest absolute Gasteiger partial charge is 0.509 e. The zero-order chi connectivity index (χ0) is 17.3. The molecule has 4 nitrogen and oxygen atoms in total. The van der Waals surface area contributed by atoms with Gasteiger partial charge in [0.2, 0.25) is 0 Å². The van der Waals surface area contributed by atoms with Crippen LogP contribution in [0.25, 0.3) is 0 Å². The van der Waals surface area contributed by atoms with Gasteiger partial charge in [0.25, 0.3) is 0 Å². The van der Waals surface area contributed by atoms with Gasteiger partial charge in [0, 0.05) is 19.3 Å². The molecule has 0 saturated carbocycles. The molecule has 0 bridgehead atoms. The monoisotopic (exact) mass is 328 g/mol. The second-order valence-corrected chi connectivity index (χ2v) is 6.38. The normalized spacial score (nSPS) is 12.2. The molecule has 0 aliphatic rings. The minimum Gasteiger partial charge on any atom is -0.509 e. The van der Waals surface area contributed by atoms with Crippen LogP contribution in [0.5, 0.6) is 0 Å².